The lowest BCUT2D eigenvalue weighted by molar-refractivity contribution is 0.273. The molecule has 0 saturated carbocycles. The molecule has 0 atom stereocenters. The summed E-state index contributed by atoms with van der Waals surface area (Å²) in [6.07, 6.45) is 0. The predicted molar refractivity (Wildman–Crippen MR) is 75.3 cm³/mol. The standard InChI is InChI=1S/C14H18N2OS/c1-10-4-5-13(8-11(10)2)15-14-16(6-7-17)12(3)9-18-14/h4-5,8-9,17H,6-7H2,1-3H3. The van der Waals surface area contributed by atoms with Crippen LogP contribution in [0.4, 0.5) is 5.69 Å². The minimum absolute atomic E-state index is 0.137. The highest BCUT2D eigenvalue weighted by molar-refractivity contribution is 7.07. The number of aliphatic hydroxyl groups is 1. The van der Waals surface area contributed by atoms with Crippen molar-refractivity contribution < 1.29 is 5.11 Å². The largest absolute Gasteiger partial charge is 0.395 e. The normalized spacial score (nSPS) is 12.1. The summed E-state index contributed by atoms with van der Waals surface area (Å²) in [5, 5.41) is 11.1. The third-order valence-electron chi connectivity index (χ3n) is 3.03. The van der Waals surface area contributed by atoms with Gasteiger partial charge in [0.2, 0.25) is 0 Å². The molecular weight excluding hydrogens is 244 g/mol. The summed E-state index contributed by atoms with van der Waals surface area (Å²) in [6, 6.07) is 6.21. The van der Waals surface area contributed by atoms with Gasteiger partial charge >= 0.3 is 0 Å². The Kier molecular flexibility index (Phi) is 3.99. The summed E-state index contributed by atoms with van der Waals surface area (Å²) in [7, 11) is 0. The van der Waals surface area contributed by atoms with E-state index in [-0.39, 0.29) is 6.61 Å². The Bertz CT molecular complexity index is 610. The van der Waals surface area contributed by atoms with Gasteiger partial charge < -0.3 is 9.67 Å². The van der Waals surface area contributed by atoms with Crippen LogP contribution < -0.4 is 4.80 Å². The van der Waals surface area contributed by atoms with E-state index in [1.807, 2.05) is 17.6 Å². The predicted octanol–water partition coefficient (Wildman–Crippen LogP) is 2.70. The molecular formula is C14H18N2OS. The molecule has 0 aliphatic heterocycles. The van der Waals surface area contributed by atoms with Crippen LogP contribution in [0.15, 0.2) is 28.6 Å². The van der Waals surface area contributed by atoms with E-state index in [1.165, 1.54) is 11.1 Å². The molecule has 2 rings (SSSR count). The molecule has 0 saturated heterocycles. The number of thiazole rings is 1. The van der Waals surface area contributed by atoms with Crippen molar-refractivity contribution in [3.05, 3.63) is 45.2 Å². The monoisotopic (exact) mass is 262 g/mol. The van der Waals surface area contributed by atoms with Crippen LogP contribution >= 0.6 is 11.3 Å². The van der Waals surface area contributed by atoms with E-state index in [9.17, 15) is 0 Å². The van der Waals surface area contributed by atoms with Crippen LogP contribution in [0.25, 0.3) is 0 Å². The highest BCUT2D eigenvalue weighted by atomic mass is 32.1. The van der Waals surface area contributed by atoms with Gasteiger partial charge in [0.15, 0.2) is 4.80 Å². The number of aromatic nitrogens is 1. The van der Waals surface area contributed by atoms with Crippen molar-refractivity contribution in [3.63, 3.8) is 0 Å². The molecule has 0 fully saturated rings. The zero-order valence-corrected chi connectivity index (χ0v) is 11.8. The molecule has 0 bridgehead atoms. The molecule has 3 nitrogen and oxygen atoms in total. The first-order valence-electron chi connectivity index (χ1n) is 5.99. The number of benzene rings is 1. The molecule has 1 aromatic heterocycles. The Hall–Kier alpha value is -1.39. The molecule has 2 aromatic rings. The number of rotatable bonds is 3. The van der Waals surface area contributed by atoms with Gasteiger partial charge in [0.05, 0.1) is 12.3 Å². The fourth-order valence-electron chi connectivity index (χ4n) is 1.78. The highest BCUT2D eigenvalue weighted by Crippen LogP contribution is 2.16. The first-order valence-corrected chi connectivity index (χ1v) is 6.87. The zero-order valence-electron chi connectivity index (χ0n) is 11.0. The maximum Gasteiger partial charge on any atom is 0.190 e. The van der Waals surface area contributed by atoms with E-state index < -0.39 is 0 Å². The zero-order chi connectivity index (χ0) is 13.1. The molecule has 96 valence electrons. The van der Waals surface area contributed by atoms with Crippen LogP contribution in [0.5, 0.6) is 0 Å². The van der Waals surface area contributed by atoms with Crippen molar-refractivity contribution in [2.45, 2.75) is 27.3 Å². The molecule has 0 spiro atoms. The lowest BCUT2D eigenvalue weighted by atomic mass is 10.1. The third-order valence-corrected chi connectivity index (χ3v) is 4.01. The van der Waals surface area contributed by atoms with Crippen LogP contribution in [-0.4, -0.2) is 16.3 Å². The van der Waals surface area contributed by atoms with Gasteiger partial charge in [-0.05, 0) is 44.0 Å². The molecule has 0 amide bonds. The van der Waals surface area contributed by atoms with E-state index in [1.54, 1.807) is 11.3 Å². The van der Waals surface area contributed by atoms with E-state index in [0.29, 0.717) is 6.54 Å². The number of hydrogen-bond donors (Lipinski definition) is 1. The molecule has 4 heteroatoms. The van der Waals surface area contributed by atoms with Crippen molar-refractivity contribution in [2.24, 2.45) is 4.99 Å². The van der Waals surface area contributed by atoms with Crippen molar-refractivity contribution in [1.29, 1.82) is 0 Å². The van der Waals surface area contributed by atoms with Gasteiger partial charge in [-0.15, -0.1) is 11.3 Å². The van der Waals surface area contributed by atoms with Gasteiger partial charge in [-0.25, -0.2) is 4.99 Å². The van der Waals surface area contributed by atoms with Crippen LogP contribution in [0.1, 0.15) is 16.8 Å². The Morgan fingerprint density at radius 1 is 1.22 bits per heavy atom. The average molecular weight is 262 g/mol. The lowest BCUT2D eigenvalue weighted by Gasteiger charge is -2.03. The average Bonchev–Trinajstić information content (AvgIpc) is 2.67. The van der Waals surface area contributed by atoms with Crippen molar-refractivity contribution >= 4 is 17.0 Å². The van der Waals surface area contributed by atoms with Gasteiger partial charge in [-0.2, -0.15) is 0 Å². The summed E-state index contributed by atoms with van der Waals surface area (Å²) in [5.74, 6) is 0. The maximum absolute atomic E-state index is 9.08. The fourth-order valence-corrected chi connectivity index (χ4v) is 2.70. The molecule has 1 heterocycles. The van der Waals surface area contributed by atoms with E-state index in [2.05, 4.69) is 36.4 Å². The molecule has 0 aliphatic carbocycles. The smallest absolute Gasteiger partial charge is 0.190 e. The first kappa shape index (κ1) is 13.1. The summed E-state index contributed by atoms with van der Waals surface area (Å²) in [6.45, 7) is 6.96. The number of hydrogen-bond acceptors (Lipinski definition) is 3. The highest BCUT2D eigenvalue weighted by Gasteiger charge is 2.01. The van der Waals surface area contributed by atoms with Crippen molar-refractivity contribution in [1.82, 2.24) is 4.57 Å². The molecule has 1 aromatic carbocycles. The van der Waals surface area contributed by atoms with Crippen molar-refractivity contribution in [2.75, 3.05) is 6.61 Å². The summed E-state index contributed by atoms with van der Waals surface area (Å²) in [5.41, 5.74) is 4.63. The SMILES string of the molecule is Cc1ccc(N=c2scc(C)n2CCO)cc1C. The minimum Gasteiger partial charge on any atom is -0.395 e. The van der Waals surface area contributed by atoms with Gasteiger partial charge in [0.25, 0.3) is 0 Å². The number of aryl methyl sites for hydroxylation is 3. The quantitative estimate of drug-likeness (QED) is 0.907. The number of nitrogens with zero attached hydrogens (tertiary/aromatic N) is 2. The summed E-state index contributed by atoms with van der Waals surface area (Å²) >= 11 is 1.61. The fraction of sp³-hybridized carbons (Fsp3) is 0.357. The molecule has 1 N–H and O–H groups in total. The Labute approximate surface area is 111 Å². The van der Waals surface area contributed by atoms with E-state index in [0.717, 1.165) is 16.2 Å². The van der Waals surface area contributed by atoms with Crippen LogP contribution in [0, 0.1) is 20.8 Å². The summed E-state index contributed by atoms with van der Waals surface area (Å²) in [4.78, 5) is 5.59. The minimum atomic E-state index is 0.137. The Morgan fingerprint density at radius 2 is 2.00 bits per heavy atom. The van der Waals surface area contributed by atoms with Gasteiger partial charge in [0, 0.05) is 17.6 Å². The maximum atomic E-state index is 9.08. The van der Waals surface area contributed by atoms with Gasteiger partial charge in [-0.3, -0.25) is 0 Å². The Balaban J connectivity index is 2.46. The van der Waals surface area contributed by atoms with E-state index in [4.69, 9.17) is 5.11 Å². The van der Waals surface area contributed by atoms with Gasteiger partial charge in [0.1, 0.15) is 0 Å². The summed E-state index contributed by atoms with van der Waals surface area (Å²) < 4.78 is 2.04. The van der Waals surface area contributed by atoms with Crippen LogP contribution in [0.3, 0.4) is 0 Å². The topological polar surface area (TPSA) is 37.5 Å². The second-order valence-electron chi connectivity index (χ2n) is 4.42. The third kappa shape index (κ3) is 2.71. The lowest BCUT2D eigenvalue weighted by Crippen LogP contribution is -2.17. The Morgan fingerprint density at radius 3 is 2.67 bits per heavy atom. The van der Waals surface area contributed by atoms with Gasteiger partial charge in [-0.1, -0.05) is 6.07 Å². The second-order valence-corrected chi connectivity index (χ2v) is 5.25. The van der Waals surface area contributed by atoms with Crippen LogP contribution in [0.2, 0.25) is 0 Å². The first-order chi connectivity index (χ1) is 8.61. The van der Waals surface area contributed by atoms with Crippen molar-refractivity contribution in [3.8, 4) is 0 Å². The molecule has 0 radical (unpaired) electrons. The second kappa shape index (κ2) is 5.50. The molecule has 0 aliphatic rings. The van der Waals surface area contributed by atoms with E-state index >= 15 is 0 Å². The van der Waals surface area contributed by atoms with Crippen LogP contribution in [-0.2, 0) is 6.54 Å². The molecule has 18 heavy (non-hydrogen) atoms. The molecule has 0 unspecified atom stereocenters. The number of aliphatic hydroxyl groups excluding tert-OH is 1.